The van der Waals surface area contributed by atoms with E-state index < -0.39 is 0 Å². The molecule has 4 N–H and O–H groups in total. The van der Waals surface area contributed by atoms with Crippen molar-refractivity contribution >= 4 is 0 Å². The fourth-order valence-corrected chi connectivity index (χ4v) is 0. The smallest absolute Gasteiger partial charge is 0.0136 e. The lowest BCUT2D eigenvalue weighted by atomic mass is 11.1. The maximum Gasteiger partial charge on any atom is -0.0136 e. The summed E-state index contributed by atoms with van der Waals surface area (Å²) in [6.07, 6.45) is 2.50. The molecule has 0 aliphatic heterocycles. The van der Waals surface area contributed by atoms with Crippen LogP contribution in [-0.2, 0) is 0 Å². The zero-order valence-corrected chi connectivity index (χ0v) is 4.54. The molecule has 0 rings (SSSR count). The number of nitrogens with two attached hydrogens (primary N) is 2. The molecule has 0 aromatic carbocycles. The van der Waals surface area contributed by atoms with Gasteiger partial charge in [0.1, 0.15) is 0 Å². The molecule has 0 saturated carbocycles. The minimum absolute atomic E-state index is 0. The van der Waals surface area contributed by atoms with Gasteiger partial charge in [-0.05, 0) is 12.4 Å². The van der Waals surface area contributed by atoms with Gasteiger partial charge in [-0.2, -0.15) is 0 Å². The van der Waals surface area contributed by atoms with Crippen LogP contribution < -0.4 is 11.5 Å². The highest BCUT2D eigenvalue weighted by molar-refractivity contribution is 4.48. The Morgan fingerprint density at radius 3 is 0.875 bits per heavy atom. The third kappa shape index (κ3) is 68.3. The molecular weight excluding hydrogens is 114 g/mol. The molecule has 0 heterocycles. The van der Waals surface area contributed by atoms with Crippen molar-refractivity contribution in [3.05, 3.63) is 25.6 Å². The number of hydrogen-bond donors (Lipinski definition) is 2. The molecule has 0 radical (unpaired) electrons. The molecule has 8 heavy (non-hydrogen) atoms. The van der Waals surface area contributed by atoms with E-state index in [1.807, 2.05) is 0 Å². The van der Waals surface area contributed by atoms with Gasteiger partial charge in [0.25, 0.3) is 0 Å². The van der Waals surface area contributed by atoms with Crippen LogP contribution in [0.1, 0.15) is 0 Å². The topological polar surface area (TPSA) is 52.0 Å². The molecule has 0 saturated heterocycles. The average molecular weight is 126 g/mol. The fraction of sp³-hybridized carbons (Fsp3) is 0. The molecule has 0 aromatic rings. The van der Waals surface area contributed by atoms with E-state index in [1.165, 1.54) is 12.4 Å². The van der Waals surface area contributed by atoms with E-state index in [9.17, 15) is 0 Å². The lowest BCUT2D eigenvalue weighted by molar-refractivity contribution is 1.11. The minimum Gasteiger partial charge on any atom is -0.405 e. The van der Waals surface area contributed by atoms with Crippen LogP contribution in [0.3, 0.4) is 0 Å². The Kier molecular flexibility index (Phi) is 581. The molecule has 2 nitrogen and oxygen atoms in total. The molecule has 52 valence electrons. The van der Waals surface area contributed by atoms with Crippen molar-refractivity contribution in [2.24, 2.45) is 11.5 Å². The predicted octanol–water partition coefficient (Wildman–Crippen LogP) is 0.482. The lowest BCUT2D eigenvalue weighted by Gasteiger charge is -1.40. The van der Waals surface area contributed by atoms with E-state index >= 15 is 0 Å². The zero-order valence-electron chi connectivity index (χ0n) is 4.54. The summed E-state index contributed by atoms with van der Waals surface area (Å²) < 4.78 is 0. The summed E-state index contributed by atoms with van der Waals surface area (Å²) in [5, 5.41) is 0. The first-order valence-electron chi connectivity index (χ1n) is 1.48. The van der Waals surface area contributed by atoms with E-state index in [2.05, 4.69) is 24.6 Å². The summed E-state index contributed by atoms with van der Waals surface area (Å²) in [6.45, 7) is 6.28. The van der Waals surface area contributed by atoms with Crippen molar-refractivity contribution in [3.63, 3.8) is 0 Å². The van der Waals surface area contributed by atoms with E-state index in [0.717, 1.165) is 0 Å². The van der Waals surface area contributed by atoms with Gasteiger partial charge in [0.05, 0.1) is 0 Å². The van der Waals surface area contributed by atoms with Crippen LogP contribution in [0, 0.1) is 0 Å². The Hall–Kier alpha value is -1.06. The molecular formula is C4H12F2N2. The molecule has 0 aliphatic rings. The van der Waals surface area contributed by atoms with Gasteiger partial charge in [-0.1, -0.05) is 13.2 Å². The second-order valence-electron chi connectivity index (χ2n) is 0.471. The van der Waals surface area contributed by atoms with Gasteiger partial charge in [-0.15, -0.1) is 0 Å². The van der Waals surface area contributed by atoms with E-state index in [4.69, 9.17) is 0 Å². The fourth-order valence-electron chi connectivity index (χ4n) is 0. The predicted molar refractivity (Wildman–Crippen MR) is 33.8 cm³/mol. The van der Waals surface area contributed by atoms with Crippen LogP contribution in [0.5, 0.6) is 0 Å². The summed E-state index contributed by atoms with van der Waals surface area (Å²) >= 11 is 0. The molecule has 0 aliphatic carbocycles. The second kappa shape index (κ2) is 164. The molecule has 0 amide bonds. The maximum atomic E-state index is 4.61. The van der Waals surface area contributed by atoms with Crippen molar-refractivity contribution in [2.45, 2.75) is 0 Å². The third-order valence-electron chi connectivity index (χ3n) is 0. The minimum atomic E-state index is 0. The molecule has 4 heteroatoms. The molecule has 0 fully saturated rings. The van der Waals surface area contributed by atoms with Crippen LogP contribution >= 0.6 is 0 Å². The van der Waals surface area contributed by atoms with Gasteiger partial charge < -0.3 is 11.5 Å². The number of hydrogen-bond acceptors (Lipinski definition) is 2. The molecule has 0 aromatic heterocycles. The van der Waals surface area contributed by atoms with Crippen LogP contribution in [-0.4, -0.2) is 0 Å². The normalized spacial score (nSPS) is 3.00. The largest absolute Gasteiger partial charge is 0.405 e. The SMILES string of the molecule is C=CN.C=CN.F.F. The Bertz CT molecular complexity index is 33.0. The summed E-state index contributed by atoms with van der Waals surface area (Å²) in [5.74, 6) is 0. The van der Waals surface area contributed by atoms with Gasteiger partial charge in [-0.3, -0.25) is 9.41 Å². The average Bonchev–Trinajstić information content (AvgIpc) is 1.39. The van der Waals surface area contributed by atoms with Crippen LogP contribution in [0.25, 0.3) is 0 Å². The van der Waals surface area contributed by atoms with Crippen molar-refractivity contribution in [3.8, 4) is 0 Å². The highest BCUT2D eigenvalue weighted by Crippen LogP contribution is 1.14. The van der Waals surface area contributed by atoms with Crippen LogP contribution in [0.15, 0.2) is 25.6 Å². The Morgan fingerprint density at radius 2 is 0.875 bits per heavy atom. The quantitative estimate of drug-likeness (QED) is 0.496. The first-order chi connectivity index (χ1) is 2.83. The summed E-state index contributed by atoms with van der Waals surface area (Å²) in [5.41, 5.74) is 9.22. The Morgan fingerprint density at radius 1 is 0.875 bits per heavy atom. The van der Waals surface area contributed by atoms with Gasteiger partial charge in [0, 0.05) is 0 Å². The van der Waals surface area contributed by atoms with Crippen LogP contribution in [0.4, 0.5) is 9.41 Å². The van der Waals surface area contributed by atoms with Gasteiger partial charge in [-0.25, -0.2) is 0 Å². The Labute approximate surface area is 47.6 Å². The lowest BCUT2D eigenvalue weighted by Crippen LogP contribution is -1.67. The van der Waals surface area contributed by atoms with E-state index in [-0.39, 0.29) is 9.41 Å². The third-order valence-corrected chi connectivity index (χ3v) is 0. The van der Waals surface area contributed by atoms with Gasteiger partial charge >= 0.3 is 0 Å². The first-order valence-corrected chi connectivity index (χ1v) is 1.48. The maximum absolute atomic E-state index is 4.61. The highest BCUT2D eigenvalue weighted by atomic mass is 19.0. The van der Waals surface area contributed by atoms with Gasteiger partial charge in [0.2, 0.25) is 0 Å². The highest BCUT2D eigenvalue weighted by Gasteiger charge is 1.09. The zero-order chi connectivity index (χ0) is 5.41. The summed E-state index contributed by atoms with van der Waals surface area (Å²) in [6, 6.07) is 0. The standard InChI is InChI=1S/2C2H5N.2FH/c2*1-2-3;;/h2*2H,1,3H2;2*1H. The van der Waals surface area contributed by atoms with Crippen molar-refractivity contribution < 1.29 is 9.41 Å². The first kappa shape index (κ1) is 28.3. The summed E-state index contributed by atoms with van der Waals surface area (Å²) in [7, 11) is 0. The second-order valence-corrected chi connectivity index (χ2v) is 0.471. The molecule has 0 unspecified atom stereocenters. The molecule has 0 spiro atoms. The van der Waals surface area contributed by atoms with Crippen molar-refractivity contribution in [1.82, 2.24) is 0 Å². The summed E-state index contributed by atoms with van der Waals surface area (Å²) in [4.78, 5) is 0. The van der Waals surface area contributed by atoms with Crippen molar-refractivity contribution in [2.75, 3.05) is 0 Å². The monoisotopic (exact) mass is 126 g/mol. The molecule has 0 atom stereocenters. The van der Waals surface area contributed by atoms with Crippen molar-refractivity contribution in [1.29, 1.82) is 0 Å². The number of halogens is 2. The van der Waals surface area contributed by atoms with Crippen LogP contribution in [0.2, 0.25) is 0 Å². The van der Waals surface area contributed by atoms with E-state index in [1.54, 1.807) is 0 Å². The van der Waals surface area contributed by atoms with E-state index in [0.29, 0.717) is 0 Å². The number of rotatable bonds is 0. The Balaban J connectivity index is -0.0000000160. The van der Waals surface area contributed by atoms with Gasteiger partial charge in [0.15, 0.2) is 0 Å². The molecule has 0 bridgehead atoms.